The highest BCUT2D eigenvalue weighted by Gasteiger charge is 2.21. The van der Waals surface area contributed by atoms with E-state index in [1.807, 2.05) is 20.8 Å². The molecule has 5 nitrogen and oxygen atoms in total. The zero-order valence-electron chi connectivity index (χ0n) is 17.4. The Bertz CT molecular complexity index is 1070. The number of carbonyl (C=O) groups is 2. The van der Waals surface area contributed by atoms with Crippen LogP contribution in [0.4, 0.5) is 15.8 Å². The quantitative estimate of drug-likeness (QED) is 0.573. The van der Waals surface area contributed by atoms with Crippen LogP contribution in [0.25, 0.3) is 0 Å². The van der Waals surface area contributed by atoms with Gasteiger partial charge in [-0.2, -0.15) is 0 Å². The zero-order valence-corrected chi connectivity index (χ0v) is 18.2. The number of rotatable bonds is 5. The van der Waals surface area contributed by atoms with Crippen molar-refractivity contribution in [2.75, 3.05) is 10.6 Å². The Labute approximate surface area is 179 Å². The maximum Gasteiger partial charge on any atom is 0.267 e. The lowest BCUT2D eigenvalue weighted by molar-refractivity contribution is -0.123. The van der Waals surface area contributed by atoms with Gasteiger partial charge in [0.25, 0.3) is 5.91 Å². The maximum absolute atomic E-state index is 13.1. The highest BCUT2D eigenvalue weighted by molar-refractivity contribution is 7.14. The van der Waals surface area contributed by atoms with Crippen LogP contribution in [0.1, 0.15) is 46.7 Å². The maximum atomic E-state index is 13.1. The third kappa shape index (κ3) is 5.51. The van der Waals surface area contributed by atoms with Crippen molar-refractivity contribution in [1.82, 2.24) is 4.98 Å². The third-order valence-electron chi connectivity index (χ3n) is 4.38. The number of anilines is 2. The van der Waals surface area contributed by atoms with Crippen LogP contribution in [-0.2, 0) is 11.2 Å². The fourth-order valence-electron chi connectivity index (χ4n) is 2.70. The molecule has 3 rings (SSSR count). The minimum atomic E-state index is -0.514. The van der Waals surface area contributed by atoms with Crippen molar-refractivity contribution in [1.29, 1.82) is 0 Å². The van der Waals surface area contributed by atoms with Gasteiger partial charge in [0.05, 0.1) is 10.7 Å². The van der Waals surface area contributed by atoms with Crippen molar-refractivity contribution in [2.45, 2.75) is 34.1 Å². The van der Waals surface area contributed by atoms with Crippen LogP contribution in [0.5, 0.6) is 0 Å². The first-order valence-corrected chi connectivity index (χ1v) is 10.4. The van der Waals surface area contributed by atoms with Crippen molar-refractivity contribution in [3.05, 3.63) is 75.5 Å². The molecule has 2 amide bonds. The van der Waals surface area contributed by atoms with Crippen molar-refractivity contribution in [2.24, 2.45) is 5.41 Å². The molecule has 0 aliphatic carbocycles. The number of amides is 2. The van der Waals surface area contributed by atoms with Crippen LogP contribution in [0, 0.1) is 18.2 Å². The number of hydrogen-bond acceptors (Lipinski definition) is 4. The van der Waals surface area contributed by atoms with E-state index in [0.29, 0.717) is 28.4 Å². The summed E-state index contributed by atoms with van der Waals surface area (Å²) in [7, 11) is 0. The molecule has 0 radical (unpaired) electrons. The molecule has 0 aliphatic heterocycles. The standard InChI is InChI=1S/C23H24FN3O2S/c1-14-20(30-19(25-14)12-15-8-10-16(24)11-9-15)21(28)26-17-6-5-7-18(13-17)27-22(29)23(2,3)4/h5-11,13H,12H2,1-4H3,(H,26,28)(H,27,29). The number of aromatic nitrogens is 1. The van der Waals surface area contributed by atoms with Gasteiger partial charge in [0.15, 0.2) is 0 Å². The summed E-state index contributed by atoms with van der Waals surface area (Å²) in [5, 5.41) is 6.51. The summed E-state index contributed by atoms with van der Waals surface area (Å²) in [5.74, 6) is -0.639. The number of thiazole rings is 1. The molecule has 0 saturated carbocycles. The van der Waals surface area contributed by atoms with Gasteiger partial charge in [-0.15, -0.1) is 11.3 Å². The summed E-state index contributed by atoms with van der Waals surface area (Å²) >= 11 is 1.32. The topological polar surface area (TPSA) is 71.1 Å². The minimum Gasteiger partial charge on any atom is -0.326 e. The van der Waals surface area contributed by atoms with Gasteiger partial charge in [0.1, 0.15) is 10.7 Å². The number of nitrogens with zero attached hydrogens (tertiary/aromatic N) is 1. The van der Waals surface area contributed by atoms with Crippen LogP contribution in [0.2, 0.25) is 0 Å². The monoisotopic (exact) mass is 425 g/mol. The van der Waals surface area contributed by atoms with Crippen molar-refractivity contribution in [3.8, 4) is 0 Å². The van der Waals surface area contributed by atoms with Crippen molar-refractivity contribution < 1.29 is 14.0 Å². The first-order chi connectivity index (χ1) is 14.1. The normalized spacial score (nSPS) is 11.2. The Hall–Kier alpha value is -3.06. The Morgan fingerprint density at radius 3 is 2.30 bits per heavy atom. The predicted octanol–water partition coefficient (Wildman–Crippen LogP) is 5.42. The number of hydrogen-bond donors (Lipinski definition) is 2. The predicted molar refractivity (Wildman–Crippen MR) is 119 cm³/mol. The summed E-state index contributed by atoms with van der Waals surface area (Å²) in [6.45, 7) is 7.30. The first kappa shape index (κ1) is 21.6. The Morgan fingerprint density at radius 2 is 1.67 bits per heavy atom. The fourth-order valence-corrected chi connectivity index (χ4v) is 3.69. The Morgan fingerprint density at radius 1 is 1.03 bits per heavy atom. The third-order valence-corrected chi connectivity index (χ3v) is 5.53. The summed E-state index contributed by atoms with van der Waals surface area (Å²) in [6.07, 6.45) is 0.535. The van der Waals surface area contributed by atoms with Crippen molar-refractivity contribution in [3.63, 3.8) is 0 Å². The largest absolute Gasteiger partial charge is 0.326 e. The van der Waals surface area contributed by atoms with E-state index in [9.17, 15) is 14.0 Å². The van der Waals surface area contributed by atoms with Gasteiger partial charge in [0.2, 0.25) is 5.91 Å². The molecule has 0 atom stereocenters. The molecule has 7 heteroatoms. The number of benzene rings is 2. The van der Waals surface area contributed by atoms with Crippen LogP contribution in [0.3, 0.4) is 0 Å². The average molecular weight is 426 g/mol. The zero-order chi connectivity index (χ0) is 21.9. The molecule has 2 N–H and O–H groups in total. The lowest BCUT2D eigenvalue weighted by Crippen LogP contribution is -2.27. The molecule has 0 unspecified atom stereocenters. The number of carbonyl (C=O) groups excluding carboxylic acids is 2. The molecule has 2 aromatic carbocycles. The van der Waals surface area contributed by atoms with Crippen LogP contribution >= 0.6 is 11.3 Å². The first-order valence-electron chi connectivity index (χ1n) is 9.55. The van der Waals surface area contributed by atoms with E-state index in [2.05, 4.69) is 15.6 Å². The highest BCUT2D eigenvalue weighted by atomic mass is 32.1. The second-order valence-electron chi connectivity index (χ2n) is 8.06. The number of halogens is 1. The van der Waals surface area contributed by atoms with Crippen LogP contribution in [0.15, 0.2) is 48.5 Å². The van der Waals surface area contributed by atoms with Gasteiger partial charge >= 0.3 is 0 Å². The van der Waals surface area contributed by atoms with Gasteiger partial charge in [-0.25, -0.2) is 9.37 Å². The molecule has 1 aromatic heterocycles. The second-order valence-corrected chi connectivity index (χ2v) is 9.15. The second kappa shape index (κ2) is 8.75. The fraction of sp³-hybridized carbons (Fsp3) is 0.261. The molecule has 156 valence electrons. The average Bonchev–Trinajstić information content (AvgIpc) is 3.03. The van der Waals surface area contributed by atoms with E-state index >= 15 is 0 Å². The number of nitrogens with one attached hydrogen (secondary N) is 2. The van der Waals surface area contributed by atoms with Gasteiger partial charge in [-0.05, 0) is 42.8 Å². The molecular formula is C23H24FN3O2S. The minimum absolute atomic E-state index is 0.102. The van der Waals surface area contributed by atoms with Crippen LogP contribution < -0.4 is 10.6 Å². The van der Waals surface area contributed by atoms with Crippen LogP contribution in [-0.4, -0.2) is 16.8 Å². The van der Waals surface area contributed by atoms with E-state index in [0.717, 1.165) is 10.6 Å². The lowest BCUT2D eigenvalue weighted by atomic mass is 9.95. The van der Waals surface area contributed by atoms with E-state index in [1.165, 1.54) is 23.5 Å². The summed E-state index contributed by atoms with van der Waals surface area (Å²) in [6, 6.07) is 13.3. The van der Waals surface area contributed by atoms with E-state index < -0.39 is 5.41 Å². The number of aryl methyl sites for hydroxylation is 1. The summed E-state index contributed by atoms with van der Waals surface area (Å²) < 4.78 is 13.1. The van der Waals surface area contributed by atoms with Gasteiger partial charge < -0.3 is 10.6 Å². The van der Waals surface area contributed by atoms with E-state index in [4.69, 9.17) is 0 Å². The SMILES string of the molecule is Cc1nc(Cc2ccc(F)cc2)sc1C(=O)Nc1cccc(NC(=O)C(C)(C)C)c1. The lowest BCUT2D eigenvalue weighted by Gasteiger charge is -2.18. The summed E-state index contributed by atoms with van der Waals surface area (Å²) in [4.78, 5) is 29.9. The van der Waals surface area contributed by atoms with E-state index in [-0.39, 0.29) is 17.6 Å². The Kier molecular flexibility index (Phi) is 6.31. The molecule has 3 aromatic rings. The smallest absolute Gasteiger partial charge is 0.267 e. The van der Waals surface area contributed by atoms with Gasteiger partial charge in [-0.3, -0.25) is 9.59 Å². The highest BCUT2D eigenvalue weighted by Crippen LogP contribution is 2.24. The van der Waals surface area contributed by atoms with E-state index in [1.54, 1.807) is 43.3 Å². The molecule has 1 heterocycles. The summed E-state index contributed by atoms with van der Waals surface area (Å²) in [5.41, 5.74) is 2.26. The molecule has 0 bridgehead atoms. The molecule has 0 spiro atoms. The van der Waals surface area contributed by atoms with Gasteiger partial charge in [0, 0.05) is 23.2 Å². The molecule has 0 fully saturated rings. The van der Waals surface area contributed by atoms with Crippen molar-refractivity contribution >= 4 is 34.5 Å². The molecule has 30 heavy (non-hydrogen) atoms. The molecule has 0 aliphatic rings. The molecular weight excluding hydrogens is 401 g/mol. The Balaban J connectivity index is 1.70. The van der Waals surface area contributed by atoms with Gasteiger partial charge in [-0.1, -0.05) is 39.0 Å². The molecule has 0 saturated heterocycles.